The average Bonchev–Trinajstić information content (AvgIpc) is 2.75. The number of rotatable bonds is 3. The van der Waals surface area contributed by atoms with Crippen molar-refractivity contribution in [2.45, 2.75) is 13.5 Å². The normalized spacial score (nSPS) is 10.9. The fourth-order valence-electron chi connectivity index (χ4n) is 2.19. The second kappa shape index (κ2) is 5.58. The Balaban J connectivity index is 1.90. The Labute approximate surface area is 134 Å². The van der Waals surface area contributed by atoms with Gasteiger partial charge in [-0.1, -0.05) is 22.0 Å². The standard InChI is InChI=1S/C15H13Br2N3/c1-10-14(20-7-3-2-4-15(20)19-10)9-18-13-8-11(16)5-6-12(13)17/h2-8,18H,9H2,1H3. The van der Waals surface area contributed by atoms with Crippen LogP contribution >= 0.6 is 31.9 Å². The van der Waals surface area contributed by atoms with Crippen LogP contribution in [0.2, 0.25) is 0 Å². The van der Waals surface area contributed by atoms with Gasteiger partial charge in [0.05, 0.1) is 17.9 Å². The number of benzene rings is 1. The lowest BCUT2D eigenvalue weighted by atomic mass is 10.3. The molecule has 1 N–H and O–H groups in total. The van der Waals surface area contributed by atoms with E-state index >= 15 is 0 Å². The highest BCUT2D eigenvalue weighted by Gasteiger charge is 2.08. The van der Waals surface area contributed by atoms with Crippen LogP contribution in [0.15, 0.2) is 51.5 Å². The van der Waals surface area contributed by atoms with Crippen molar-refractivity contribution in [2.75, 3.05) is 5.32 Å². The monoisotopic (exact) mass is 393 g/mol. The molecule has 0 atom stereocenters. The molecule has 0 aliphatic carbocycles. The molecule has 5 heteroatoms. The molecule has 0 aliphatic heterocycles. The molecule has 0 aliphatic rings. The summed E-state index contributed by atoms with van der Waals surface area (Å²) in [6, 6.07) is 12.1. The number of hydrogen-bond acceptors (Lipinski definition) is 2. The van der Waals surface area contributed by atoms with Gasteiger partial charge in [0.1, 0.15) is 5.65 Å². The first-order chi connectivity index (χ1) is 9.65. The molecular formula is C15H13Br2N3. The highest BCUT2D eigenvalue weighted by molar-refractivity contribution is 9.11. The molecule has 102 valence electrons. The maximum Gasteiger partial charge on any atom is 0.137 e. The zero-order chi connectivity index (χ0) is 14.1. The van der Waals surface area contributed by atoms with Crippen molar-refractivity contribution in [3.05, 3.63) is 62.9 Å². The van der Waals surface area contributed by atoms with E-state index in [0.29, 0.717) is 0 Å². The van der Waals surface area contributed by atoms with E-state index in [0.717, 1.165) is 32.5 Å². The van der Waals surface area contributed by atoms with E-state index in [-0.39, 0.29) is 0 Å². The number of pyridine rings is 1. The van der Waals surface area contributed by atoms with Gasteiger partial charge in [0.2, 0.25) is 0 Å². The molecule has 0 fully saturated rings. The molecule has 0 saturated heterocycles. The van der Waals surface area contributed by atoms with Crippen molar-refractivity contribution in [1.29, 1.82) is 0 Å². The van der Waals surface area contributed by atoms with Crippen LogP contribution in [0.1, 0.15) is 11.4 Å². The zero-order valence-electron chi connectivity index (χ0n) is 10.9. The summed E-state index contributed by atoms with van der Waals surface area (Å²) in [5.41, 5.74) is 4.27. The van der Waals surface area contributed by atoms with E-state index in [9.17, 15) is 0 Å². The van der Waals surface area contributed by atoms with Crippen molar-refractivity contribution in [3.63, 3.8) is 0 Å². The van der Waals surface area contributed by atoms with Gasteiger partial charge in [-0.25, -0.2) is 4.98 Å². The maximum absolute atomic E-state index is 4.57. The third-order valence-electron chi connectivity index (χ3n) is 3.20. The highest BCUT2D eigenvalue weighted by atomic mass is 79.9. The number of aromatic nitrogens is 2. The van der Waals surface area contributed by atoms with Crippen molar-refractivity contribution in [2.24, 2.45) is 0 Å². The number of nitrogens with one attached hydrogen (secondary N) is 1. The summed E-state index contributed by atoms with van der Waals surface area (Å²) in [5.74, 6) is 0. The molecule has 0 bridgehead atoms. The molecule has 2 aromatic heterocycles. The SMILES string of the molecule is Cc1nc2ccccn2c1CNc1cc(Br)ccc1Br. The molecule has 0 spiro atoms. The van der Waals surface area contributed by atoms with E-state index in [1.807, 2.05) is 43.5 Å². The minimum absolute atomic E-state index is 0.728. The van der Waals surface area contributed by atoms with Gasteiger partial charge in [-0.3, -0.25) is 0 Å². The van der Waals surface area contributed by atoms with E-state index in [1.54, 1.807) is 0 Å². The summed E-state index contributed by atoms with van der Waals surface area (Å²) in [6.45, 7) is 2.77. The van der Waals surface area contributed by atoms with Crippen LogP contribution in [0.4, 0.5) is 5.69 Å². The molecule has 0 amide bonds. The number of hydrogen-bond donors (Lipinski definition) is 1. The Morgan fingerprint density at radius 1 is 1.20 bits per heavy atom. The fraction of sp³-hybridized carbons (Fsp3) is 0.133. The first kappa shape index (κ1) is 13.6. The van der Waals surface area contributed by atoms with Crippen LogP contribution in [0.3, 0.4) is 0 Å². The third-order valence-corrected chi connectivity index (χ3v) is 4.39. The summed E-state index contributed by atoms with van der Waals surface area (Å²) in [6.07, 6.45) is 2.04. The molecule has 3 rings (SSSR count). The molecule has 20 heavy (non-hydrogen) atoms. The van der Waals surface area contributed by atoms with E-state index < -0.39 is 0 Å². The van der Waals surface area contributed by atoms with Crippen molar-refractivity contribution < 1.29 is 0 Å². The van der Waals surface area contributed by atoms with Gasteiger partial charge in [-0.05, 0) is 53.2 Å². The highest BCUT2D eigenvalue weighted by Crippen LogP contribution is 2.27. The Bertz CT molecular complexity index is 765. The van der Waals surface area contributed by atoms with Crippen LogP contribution < -0.4 is 5.32 Å². The fourth-order valence-corrected chi connectivity index (χ4v) is 2.94. The number of halogens is 2. The molecule has 1 aromatic carbocycles. The molecule has 2 heterocycles. The summed E-state index contributed by atoms with van der Waals surface area (Å²) in [5, 5.41) is 3.45. The van der Waals surface area contributed by atoms with Crippen LogP contribution in [-0.2, 0) is 6.54 Å². The molecular weight excluding hydrogens is 382 g/mol. The summed E-state index contributed by atoms with van der Waals surface area (Å²) >= 11 is 7.05. The van der Waals surface area contributed by atoms with Gasteiger partial charge in [0.25, 0.3) is 0 Å². The second-order valence-electron chi connectivity index (χ2n) is 4.55. The first-order valence-corrected chi connectivity index (χ1v) is 7.85. The zero-order valence-corrected chi connectivity index (χ0v) is 14.1. The number of fused-ring (bicyclic) bond motifs is 1. The van der Waals surface area contributed by atoms with Gasteiger partial charge < -0.3 is 9.72 Å². The lowest BCUT2D eigenvalue weighted by molar-refractivity contribution is 0.985. The smallest absolute Gasteiger partial charge is 0.137 e. The quantitative estimate of drug-likeness (QED) is 0.692. The summed E-state index contributed by atoms with van der Waals surface area (Å²) in [4.78, 5) is 4.57. The number of nitrogens with zero attached hydrogens (tertiary/aromatic N) is 2. The molecule has 3 nitrogen and oxygen atoms in total. The van der Waals surface area contributed by atoms with Crippen LogP contribution in [0.25, 0.3) is 5.65 Å². The van der Waals surface area contributed by atoms with E-state index in [4.69, 9.17) is 0 Å². The predicted octanol–water partition coefficient (Wildman–Crippen LogP) is 4.78. The van der Waals surface area contributed by atoms with Crippen molar-refractivity contribution in [3.8, 4) is 0 Å². The van der Waals surface area contributed by atoms with Crippen LogP contribution in [0, 0.1) is 6.92 Å². The number of aryl methyl sites for hydroxylation is 1. The number of anilines is 1. The van der Waals surface area contributed by atoms with Gasteiger partial charge in [0, 0.05) is 20.8 Å². The van der Waals surface area contributed by atoms with E-state index in [2.05, 4.69) is 52.6 Å². The molecule has 0 radical (unpaired) electrons. The minimum Gasteiger partial charge on any atom is -0.378 e. The minimum atomic E-state index is 0.728. The largest absolute Gasteiger partial charge is 0.378 e. The van der Waals surface area contributed by atoms with Gasteiger partial charge in [0.15, 0.2) is 0 Å². The Kier molecular flexibility index (Phi) is 3.81. The lowest BCUT2D eigenvalue weighted by Crippen LogP contribution is -2.04. The Morgan fingerprint density at radius 2 is 2.05 bits per heavy atom. The van der Waals surface area contributed by atoms with Crippen LogP contribution in [0.5, 0.6) is 0 Å². The van der Waals surface area contributed by atoms with Gasteiger partial charge >= 0.3 is 0 Å². The lowest BCUT2D eigenvalue weighted by Gasteiger charge is -2.09. The molecule has 0 unspecified atom stereocenters. The topological polar surface area (TPSA) is 29.3 Å². The Morgan fingerprint density at radius 3 is 2.90 bits per heavy atom. The van der Waals surface area contributed by atoms with Crippen molar-refractivity contribution in [1.82, 2.24) is 9.38 Å². The maximum atomic E-state index is 4.57. The summed E-state index contributed by atoms with van der Waals surface area (Å²) < 4.78 is 4.22. The van der Waals surface area contributed by atoms with Crippen LogP contribution in [-0.4, -0.2) is 9.38 Å². The van der Waals surface area contributed by atoms with E-state index in [1.165, 1.54) is 5.69 Å². The number of imidazole rings is 1. The van der Waals surface area contributed by atoms with Gasteiger partial charge in [-0.15, -0.1) is 0 Å². The second-order valence-corrected chi connectivity index (χ2v) is 6.32. The molecule has 0 saturated carbocycles. The predicted molar refractivity (Wildman–Crippen MR) is 89.1 cm³/mol. The molecule has 3 aromatic rings. The van der Waals surface area contributed by atoms with Crippen molar-refractivity contribution >= 4 is 43.2 Å². The Hall–Kier alpha value is -1.33. The average molecular weight is 395 g/mol. The third kappa shape index (κ3) is 2.60. The first-order valence-electron chi connectivity index (χ1n) is 6.26. The van der Waals surface area contributed by atoms with Gasteiger partial charge in [-0.2, -0.15) is 0 Å². The summed E-state index contributed by atoms with van der Waals surface area (Å²) in [7, 11) is 0.